The van der Waals surface area contributed by atoms with Gasteiger partial charge in [-0.1, -0.05) is 26.2 Å². The standard InChI is InChI=1S/C13H20N2O/c1-2-13-14-8-9-15(13)10-12(16)11-6-4-3-5-7-11/h8-9,11H,2-7,10H2,1H3. The van der Waals surface area contributed by atoms with Crippen LogP contribution in [0.4, 0.5) is 0 Å². The molecule has 16 heavy (non-hydrogen) atoms. The van der Waals surface area contributed by atoms with E-state index in [2.05, 4.69) is 11.9 Å². The number of imidazole rings is 1. The number of hydrogen-bond donors (Lipinski definition) is 0. The minimum atomic E-state index is 0.306. The summed E-state index contributed by atoms with van der Waals surface area (Å²) in [5.74, 6) is 1.72. The van der Waals surface area contributed by atoms with Crippen molar-refractivity contribution in [1.29, 1.82) is 0 Å². The molecular formula is C13H20N2O. The first kappa shape index (κ1) is 11.4. The number of carbonyl (C=O) groups excluding carboxylic acids is 1. The van der Waals surface area contributed by atoms with Gasteiger partial charge in [-0.15, -0.1) is 0 Å². The smallest absolute Gasteiger partial charge is 0.155 e. The van der Waals surface area contributed by atoms with E-state index in [1.807, 2.05) is 10.8 Å². The maximum Gasteiger partial charge on any atom is 0.155 e. The van der Waals surface area contributed by atoms with E-state index < -0.39 is 0 Å². The number of nitrogens with zero attached hydrogens (tertiary/aromatic N) is 2. The van der Waals surface area contributed by atoms with Gasteiger partial charge in [0, 0.05) is 24.7 Å². The number of rotatable bonds is 4. The molecule has 3 heteroatoms. The number of ketones is 1. The molecule has 0 radical (unpaired) electrons. The minimum Gasteiger partial charge on any atom is -0.328 e. The van der Waals surface area contributed by atoms with Crippen LogP contribution in [0, 0.1) is 5.92 Å². The van der Waals surface area contributed by atoms with Crippen LogP contribution < -0.4 is 0 Å². The minimum absolute atomic E-state index is 0.306. The molecule has 0 bridgehead atoms. The van der Waals surface area contributed by atoms with Crippen LogP contribution in [0.25, 0.3) is 0 Å². The molecule has 0 atom stereocenters. The summed E-state index contributed by atoms with van der Waals surface area (Å²) in [6.07, 6.45) is 10.5. The summed E-state index contributed by atoms with van der Waals surface area (Å²) in [4.78, 5) is 16.3. The number of hydrogen-bond acceptors (Lipinski definition) is 2. The second-order valence-electron chi connectivity index (χ2n) is 4.63. The van der Waals surface area contributed by atoms with Gasteiger partial charge in [0.1, 0.15) is 5.82 Å². The quantitative estimate of drug-likeness (QED) is 0.781. The first-order valence-corrected chi connectivity index (χ1v) is 6.34. The maximum absolute atomic E-state index is 12.1. The van der Waals surface area contributed by atoms with E-state index in [0.29, 0.717) is 18.2 Å². The Hall–Kier alpha value is -1.12. The van der Waals surface area contributed by atoms with Crippen LogP contribution in [-0.2, 0) is 17.8 Å². The van der Waals surface area contributed by atoms with Crippen molar-refractivity contribution in [3.8, 4) is 0 Å². The van der Waals surface area contributed by atoms with Crippen LogP contribution in [0.1, 0.15) is 44.9 Å². The zero-order valence-electron chi connectivity index (χ0n) is 9.98. The van der Waals surface area contributed by atoms with E-state index in [-0.39, 0.29) is 0 Å². The molecule has 0 amide bonds. The second kappa shape index (κ2) is 5.28. The van der Waals surface area contributed by atoms with Crippen LogP contribution in [0.2, 0.25) is 0 Å². The average molecular weight is 220 g/mol. The van der Waals surface area contributed by atoms with Gasteiger partial charge in [0.2, 0.25) is 0 Å². The number of Topliss-reactive ketones (excluding diaryl/α,β-unsaturated/α-hetero) is 1. The van der Waals surface area contributed by atoms with Crippen molar-refractivity contribution in [2.24, 2.45) is 5.92 Å². The summed E-state index contributed by atoms with van der Waals surface area (Å²) >= 11 is 0. The van der Waals surface area contributed by atoms with Gasteiger partial charge >= 0.3 is 0 Å². The van der Waals surface area contributed by atoms with E-state index in [1.54, 1.807) is 6.20 Å². The molecule has 3 nitrogen and oxygen atoms in total. The Labute approximate surface area is 96.9 Å². The van der Waals surface area contributed by atoms with Crippen molar-refractivity contribution in [3.05, 3.63) is 18.2 Å². The van der Waals surface area contributed by atoms with Crippen LogP contribution in [-0.4, -0.2) is 15.3 Å². The third kappa shape index (κ3) is 2.52. The predicted octanol–water partition coefficient (Wildman–Crippen LogP) is 2.59. The summed E-state index contributed by atoms with van der Waals surface area (Å²) in [7, 11) is 0. The lowest BCUT2D eigenvalue weighted by Crippen LogP contribution is -2.22. The fourth-order valence-corrected chi connectivity index (χ4v) is 2.52. The fourth-order valence-electron chi connectivity index (χ4n) is 2.52. The average Bonchev–Trinajstić information content (AvgIpc) is 2.77. The second-order valence-corrected chi connectivity index (χ2v) is 4.63. The van der Waals surface area contributed by atoms with Crippen molar-refractivity contribution in [1.82, 2.24) is 9.55 Å². The summed E-state index contributed by atoms with van der Waals surface area (Å²) in [6, 6.07) is 0. The zero-order chi connectivity index (χ0) is 11.4. The van der Waals surface area contributed by atoms with Gasteiger partial charge in [-0.05, 0) is 12.8 Å². The van der Waals surface area contributed by atoms with Gasteiger partial charge in [-0.2, -0.15) is 0 Å². The maximum atomic E-state index is 12.1. The Morgan fingerprint density at radius 3 is 2.88 bits per heavy atom. The molecule has 1 fully saturated rings. The molecule has 0 unspecified atom stereocenters. The normalized spacial score (nSPS) is 17.6. The molecule has 2 rings (SSSR count). The third-order valence-corrected chi connectivity index (χ3v) is 3.50. The molecule has 0 spiro atoms. The van der Waals surface area contributed by atoms with Gasteiger partial charge in [0.05, 0.1) is 6.54 Å². The molecule has 1 saturated carbocycles. The molecule has 0 saturated heterocycles. The molecule has 88 valence electrons. The molecular weight excluding hydrogens is 200 g/mol. The lowest BCUT2D eigenvalue weighted by atomic mass is 9.86. The van der Waals surface area contributed by atoms with E-state index in [4.69, 9.17) is 0 Å². The van der Waals surface area contributed by atoms with Crippen LogP contribution in [0.3, 0.4) is 0 Å². The van der Waals surface area contributed by atoms with Crippen molar-refractivity contribution < 1.29 is 4.79 Å². The number of aryl methyl sites for hydroxylation is 1. The topological polar surface area (TPSA) is 34.9 Å². The third-order valence-electron chi connectivity index (χ3n) is 3.50. The van der Waals surface area contributed by atoms with Gasteiger partial charge in [0.15, 0.2) is 5.78 Å². The summed E-state index contributed by atoms with van der Waals surface area (Å²) in [6.45, 7) is 2.59. The lowest BCUT2D eigenvalue weighted by Gasteiger charge is -2.20. The van der Waals surface area contributed by atoms with Crippen LogP contribution in [0.5, 0.6) is 0 Å². The molecule has 0 aromatic carbocycles. The van der Waals surface area contributed by atoms with E-state index >= 15 is 0 Å². The molecule has 0 N–H and O–H groups in total. The van der Waals surface area contributed by atoms with Crippen LogP contribution in [0.15, 0.2) is 12.4 Å². The van der Waals surface area contributed by atoms with Crippen LogP contribution >= 0.6 is 0 Å². The summed E-state index contributed by atoms with van der Waals surface area (Å²) in [5, 5.41) is 0. The Balaban J connectivity index is 1.95. The Bertz CT molecular complexity index is 351. The molecule has 1 aliphatic carbocycles. The van der Waals surface area contributed by atoms with Gasteiger partial charge in [0.25, 0.3) is 0 Å². The zero-order valence-corrected chi connectivity index (χ0v) is 9.98. The Morgan fingerprint density at radius 2 is 2.19 bits per heavy atom. The van der Waals surface area contributed by atoms with E-state index in [0.717, 1.165) is 25.1 Å². The van der Waals surface area contributed by atoms with E-state index in [9.17, 15) is 4.79 Å². The van der Waals surface area contributed by atoms with Gasteiger partial charge < -0.3 is 4.57 Å². The fraction of sp³-hybridized carbons (Fsp3) is 0.692. The molecule has 1 aromatic rings. The molecule has 1 aliphatic rings. The monoisotopic (exact) mass is 220 g/mol. The van der Waals surface area contributed by atoms with Crippen molar-refractivity contribution in [2.45, 2.75) is 52.0 Å². The predicted molar refractivity (Wildman–Crippen MR) is 63.2 cm³/mol. The lowest BCUT2D eigenvalue weighted by molar-refractivity contribution is -0.124. The largest absolute Gasteiger partial charge is 0.328 e. The highest BCUT2D eigenvalue weighted by atomic mass is 16.1. The number of aromatic nitrogens is 2. The highest BCUT2D eigenvalue weighted by molar-refractivity contribution is 5.80. The van der Waals surface area contributed by atoms with Crippen molar-refractivity contribution in [2.75, 3.05) is 0 Å². The molecule has 0 aliphatic heterocycles. The number of carbonyl (C=O) groups is 1. The highest BCUT2D eigenvalue weighted by Gasteiger charge is 2.21. The first-order valence-electron chi connectivity index (χ1n) is 6.34. The Morgan fingerprint density at radius 1 is 1.44 bits per heavy atom. The van der Waals surface area contributed by atoms with Gasteiger partial charge in [-0.3, -0.25) is 4.79 Å². The summed E-state index contributed by atoms with van der Waals surface area (Å²) < 4.78 is 2.00. The summed E-state index contributed by atoms with van der Waals surface area (Å²) in [5.41, 5.74) is 0. The molecule has 1 heterocycles. The first-order chi connectivity index (χ1) is 7.81. The Kier molecular flexibility index (Phi) is 3.75. The molecule has 1 aromatic heterocycles. The van der Waals surface area contributed by atoms with Gasteiger partial charge in [-0.25, -0.2) is 4.98 Å². The highest BCUT2D eigenvalue weighted by Crippen LogP contribution is 2.24. The SMILES string of the molecule is CCc1nccn1CC(=O)C1CCCCC1. The van der Waals surface area contributed by atoms with Crippen molar-refractivity contribution in [3.63, 3.8) is 0 Å². The van der Waals surface area contributed by atoms with E-state index in [1.165, 1.54) is 19.3 Å². The van der Waals surface area contributed by atoms with Crippen molar-refractivity contribution >= 4 is 5.78 Å².